The summed E-state index contributed by atoms with van der Waals surface area (Å²) in [6, 6.07) is 29.6. The first-order valence-electron chi connectivity index (χ1n) is 10.1. The summed E-state index contributed by atoms with van der Waals surface area (Å²) in [6.45, 7) is 1.59. The van der Waals surface area contributed by atoms with E-state index in [1.54, 1.807) is 6.92 Å². The van der Waals surface area contributed by atoms with Crippen LogP contribution in [0.3, 0.4) is 0 Å². The molecule has 4 aromatic rings. The van der Waals surface area contributed by atoms with Gasteiger partial charge in [-0.05, 0) is 18.9 Å². The average molecular weight is 399 g/mol. The van der Waals surface area contributed by atoms with Crippen molar-refractivity contribution in [3.05, 3.63) is 102 Å². The van der Waals surface area contributed by atoms with Crippen LogP contribution in [-0.2, 0) is 6.42 Å². The largest absolute Gasteiger partial charge is 0.440 e. The molecule has 0 spiro atoms. The number of rotatable bonds is 7. The van der Waals surface area contributed by atoms with Crippen LogP contribution in [0.4, 0.5) is 0 Å². The minimum absolute atomic E-state index is 0.421. The third kappa shape index (κ3) is 4.35. The lowest BCUT2D eigenvalue weighted by molar-refractivity contribution is 0.00812. The molecule has 1 aromatic heterocycles. The van der Waals surface area contributed by atoms with Crippen molar-refractivity contribution in [1.82, 2.24) is 4.98 Å². The normalized spacial score (nSPS) is 14.2. The molecule has 3 aromatic carbocycles. The summed E-state index contributed by atoms with van der Waals surface area (Å²) in [4.78, 5) is 4.82. The van der Waals surface area contributed by atoms with Crippen molar-refractivity contribution in [2.45, 2.75) is 31.5 Å². The zero-order valence-corrected chi connectivity index (χ0v) is 16.8. The molecule has 30 heavy (non-hydrogen) atoms. The molecule has 152 valence electrons. The van der Waals surface area contributed by atoms with Gasteiger partial charge in [-0.3, -0.25) is 0 Å². The van der Waals surface area contributed by atoms with Crippen molar-refractivity contribution in [2.75, 3.05) is 0 Å². The van der Waals surface area contributed by atoms with Crippen LogP contribution in [0, 0.1) is 0 Å². The van der Waals surface area contributed by atoms with Gasteiger partial charge in [0.05, 0.1) is 18.1 Å². The predicted octanol–water partition coefficient (Wildman–Crippen LogP) is 5.08. The van der Waals surface area contributed by atoms with E-state index in [1.165, 1.54) is 0 Å². The second-order valence-corrected chi connectivity index (χ2v) is 7.49. The van der Waals surface area contributed by atoms with Crippen molar-refractivity contribution in [3.8, 4) is 22.6 Å². The van der Waals surface area contributed by atoms with Crippen molar-refractivity contribution in [3.63, 3.8) is 0 Å². The summed E-state index contributed by atoms with van der Waals surface area (Å²) < 4.78 is 6.28. The Labute approximate surface area is 176 Å². The second-order valence-electron chi connectivity index (χ2n) is 7.49. The summed E-state index contributed by atoms with van der Waals surface area (Å²) in [7, 11) is 0. The minimum Gasteiger partial charge on any atom is -0.440 e. The summed E-state index contributed by atoms with van der Waals surface area (Å²) in [5.41, 5.74) is 3.63. The summed E-state index contributed by atoms with van der Waals surface area (Å²) >= 11 is 0. The molecule has 0 radical (unpaired) electrons. The number of oxazole rings is 1. The zero-order valence-electron chi connectivity index (χ0n) is 16.8. The molecule has 0 aliphatic heterocycles. The zero-order chi connectivity index (χ0) is 20.9. The maximum absolute atomic E-state index is 10.8. The van der Waals surface area contributed by atoms with Crippen LogP contribution < -0.4 is 0 Å². The van der Waals surface area contributed by atoms with E-state index in [0.29, 0.717) is 18.1 Å². The van der Waals surface area contributed by atoms with E-state index in [0.717, 1.165) is 22.4 Å². The van der Waals surface area contributed by atoms with E-state index in [9.17, 15) is 10.2 Å². The Balaban J connectivity index is 1.82. The highest BCUT2D eigenvalue weighted by Crippen LogP contribution is 2.36. The van der Waals surface area contributed by atoms with Crippen LogP contribution in [0.25, 0.3) is 22.6 Å². The summed E-state index contributed by atoms with van der Waals surface area (Å²) in [5.74, 6) is 0.602. The number of hydrogen-bond donors (Lipinski definition) is 2. The number of aliphatic hydroxyl groups excluding tert-OH is 2. The molecular weight excluding hydrogens is 374 g/mol. The standard InChI is InChI=1S/C26H25NO3/c1-18(28)24(29)22(17-19-11-5-2-6-12-19)26-27-23(20-13-7-3-8-14-20)25(30-26)21-15-9-4-10-16-21/h2-16,18,22,24,28-29H,17H2,1H3/t18-,22+,24-/m0/s1. The smallest absolute Gasteiger partial charge is 0.201 e. The topological polar surface area (TPSA) is 66.5 Å². The van der Waals surface area contributed by atoms with Crippen LogP contribution in [0.1, 0.15) is 24.3 Å². The lowest BCUT2D eigenvalue weighted by Crippen LogP contribution is -2.31. The first-order chi connectivity index (χ1) is 14.6. The van der Waals surface area contributed by atoms with Crippen LogP contribution in [0.5, 0.6) is 0 Å². The van der Waals surface area contributed by atoms with Gasteiger partial charge in [0.25, 0.3) is 0 Å². The molecule has 0 amide bonds. The molecule has 0 unspecified atom stereocenters. The number of aromatic nitrogens is 1. The van der Waals surface area contributed by atoms with Gasteiger partial charge in [0.2, 0.25) is 5.89 Å². The third-order valence-corrected chi connectivity index (χ3v) is 5.25. The molecule has 0 aliphatic rings. The fourth-order valence-electron chi connectivity index (χ4n) is 3.63. The molecule has 4 rings (SSSR count). The predicted molar refractivity (Wildman–Crippen MR) is 118 cm³/mol. The van der Waals surface area contributed by atoms with Crippen LogP contribution in [-0.4, -0.2) is 27.4 Å². The highest BCUT2D eigenvalue weighted by molar-refractivity contribution is 5.76. The maximum Gasteiger partial charge on any atom is 0.201 e. The Morgan fingerprint density at radius 3 is 1.87 bits per heavy atom. The monoisotopic (exact) mass is 399 g/mol. The molecule has 0 saturated heterocycles. The van der Waals surface area contributed by atoms with E-state index in [1.807, 2.05) is 91.0 Å². The minimum atomic E-state index is -1.00. The number of benzene rings is 3. The van der Waals surface area contributed by atoms with Crippen LogP contribution >= 0.6 is 0 Å². The first-order valence-corrected chi connectivity index (χ1v) is 10.1. The van der Waals surface area contributed by atoms with Gasteiger partial charge >= 0.3 is 0 Å². The molecular formula is C26H25NO3. The number of hydrogen-bond acceptors (Lipinski definition) is 4. The molecule has 4 heteroatoms. The number of aliphatic hydroxyl groups is 2. The van der Waals surface area contributed by atoms with E-state index in [-0.39, 0.29) is 0 Å². The SMILES string of the molecule is C[C@H](O)[C@H](O)[C@@H](Cc1ccccc1)c1nc(-c2ccccc2)c(-c2ccccc2)o1. The van der Waals surface area contributed by atoms with Crippen LogP contribution in [0.15, 0.2) is 95.4 Å². The van der Waals surface area contributed by atoms with Crippen molar-refractivity contribution < 1.29 is 14.6 Å². The van der Waals surface area contributed by atoms with E-state index >= 15 is 0 Å². The van der Waals surface area contributed by atoms with Crippen LogP contribution in [0.2, 0.25) is 0 Å². The molecule has 0 fully saturated rings. The van der Waals surface area contributed by atoms with E-state index in [4.69, 9.17) is 9.40 Å². The highest BCUT2D eigenvalue weighted by Gasteiger charge is 2.31. The quantitative estimate of drug-likeness (QED) is 0.455. The van der Waals surface area contributed by atoms with Gasteiger partial charge in [-0.1, -0.05) is 91.0 Å². The fraction of sp³-hybridized carbons (Fsp3) is 0.192. The summed E-state index contributed by atoms with van der Waals surface area (Å²) in [5, 5.41) is 20.9. The molecule has 3 atom stereocenters. The van der Waals surface area contributed by atoms with Crippen molar-refractivity contribution in [1.29, 1.82) is 0 Å². The Bertz CT molecular complexity index is 1000. The van der Waals surface area contributed by atoms with Gasteiger partial charge < -0.3 is 14.6 Å². The third-order valence-electron chi connectivity index (χ3n) is 5.25. The van der Waals surface area contributed by atoms with Crippen molar-refractivity contribution in [2.24, 2.45) is 0 Å². The molecule has 4 nitrogen and oxygen atoms in total. The highest BCUT2D eigenvalue weighted by atomic mass is 16.4. The lowest BCUT2D eigenvalue weighted by Gasteiger charge is -2.22. The van der Waals surface area contributed by atoms with Gasteiger partial charge in [0.15, 0.2) is 5.76 Å². The summed E-state index contributed by atoms with van der Waals surface area (Å²) in [6.07, 6.45) is -1.40. The van der Waals surface area contributed by atoms with Gasteiger partial charge in [-0.2, -0.15) is 0 Å². The van der Waals surface area contributed by atoms with E-state index < -0.39 is 18.1 Å². The fourth-order valence-corrected chi connectivity index (χ4v) is 3.63. The van der Waals surface area contributed by atoms with Gasteiger partial charge in [0.1, 0.15) is 5.69 Å². The Hall–Kier alpha value is -3.21. The molecule has 0 bridgehead atoms. The Morgan fingerprint density at radius 1 is 0.767 bits per heavy atom. The Kier molecular flexibility index (Phi) is 6.07. The molecule has 2 N–H and O–H groups in total. The first kappa shape index (κ1) is 20.1. The maximum atomic E-state index is 10.8. The second kappa shape index (κ2) is 9.08. The van der Waals surface area contributed by atoms with Gasteiger partial charge in [0, 0.05) is 11.1 Å². The molecule has 1 heterocycles. The number of nitrogens with zero attached hydrogens (tertiary/aromatic N) is 1. The van der Waals surface area contributed by atoms with Gasteiger partial charge in [-0.25, -0.2) is 4.98 Å². The van der Waals surface area contributed by atoms with E-state index in [2.05, 4.69) is 0 Å². The van der Waals surface area contributed by atoms with Gasteiger partial charge in [-0.15, -0.1) is 0 Å². The Morgan fingerprint density at radius 2 is 1.30 bits per heavy atom. The lowest BCUT2D eigenvalue weighted by atomic mass is 9.91. The average Bonchev–Trinajstić information content (AvgIpc) is 3.24. The van der Waals surface area contributed by atoms with Crippen molar-refractivity contribution >= 4 is 0 Å². The molecule has 0 saturated carbocycles. The molecule has 0 aliphatic carbocycles.